The van der Waals surface area contributed by atoms with Crippen LogP contribution in [-0.2, 0) is 11.3 Å². The second-order valence-corrected chi connectivity index (χ2v) is 7.72. The molecule has 5 nitrogen and oxygen atoms in total. The molecule has 156 valence electrons. The maximum Gasteiger partial charge on any atom is 0.255 e. The summed E-state index contributed by atoms with van der Waals surface area (Å²) < 4.78 is 11.3. The lowest BCUT2D eigenvalue weighted by Crippen LogP contribution is -2.28. The third-order valence-corrected chi connectivity index (χ3v) is 5.39. The van der Waals surface area contributed by atoms with Gasteiger partial charge >= 0.3 is 0 Å². The minimum absolute atomic E-state index is 0.152. The van der Waals surface area contributed by atoms with Gasteiger partial charge in [0.15, 0.2) is 18.1 Å². The highest BCUT2D eigenvalue weighted by Crippen LogP contribution is 2.34. The highest BCUT2D eigenvalue weighted by atomic mass is 16.5. The second-order valence-electron chi connectivity index (χ2n) is 7.72. The van der Waals surface area contributed by atoms with Crippen molar-refractivity contribution < 1.29 is 14.3 Å². The Labute approximate surface area is 173 Å². The molecule has 1 aliphatic rings. The maximum absolute atomic E-state index is 11.0. The maximum atomic E-state index is 11.0. The monoisotopic (exact) mass is 396 g/mol. The molecule has 0 aliphatic carbocycles. The molecule has 1 heterocycles. The summed E-state index contributed by atoms with van der Waals surface area (Å²) in [7, 11) is 0. The van der Waals surface area contributed by atoms with Crippen molar-refractivity contribution in [3.05, 3.63) is 59.2 Å². The summed E-state index contributed by atoms with van der Waals surface area (Å²) in [5, 5.41) is 0. The van der Waals surface area contributed by atoms with Crippen molar-refractivity contribution in [3.8, 4) is 11.5 Å². The fraction of sp³-hybridized carbons (Fsp3) is 0.458. The van der Waals surface area contributed by atoms with Crippen LogP contribution in [0.15, 0.2) is 42.5 Å². The third-order valence-electron chi connectivity index (χ3n) is 5.39. The lowest BCUT2D eigenvalue weighted by Gasteiger charge is -2.30. The first-order valence-corrected chi connectivity index (χ1v) is 10.5. The molecule has 1 atom stereocenters. The third kappa shape index (κ3) is 5.97. The van der Waals surface area contributed by atoms with Gasteiger partial charge < -0.3 is 15.2 Å². The van der Waals surface area contributed by atoms with E-state index >= 15 is 0 Å². The molecular formula is C24H32N2O3. The van der Waals surface area contributed by atoms with E-state index in [1.54, 1.807) is 0 Å². The quantitative estimate of drug-likeness (QED) is 0.719. The highest BCUT2D eigenvalue weighted by molar-refractivity contribution is 5.75. The summed E-state index contributed by atoms with van der Waals surface area (Å²) in [4.78, 5) is 13.6. The van der Waals surface area contributed by atoms with Crippen LogP contribution in [0.2, 0.25) is 0 Å². The molecule has 2 aromatic rings. The largest absolute Gasteiger partial charge is 0.490 e. The smallest absolute Gasteiger partial charge is 0.255 e. The molecule has 3 rings (SSSR count). The van der Waals surface area contributed by atoms with Gasteiger partial charge in [0.2, 0.25) is 0 Å². The molecule has 2 N–H and O–H groups in total. The predicted molar refractivity (Wildman–Crippen MR) is 115 cm³/mol. The zero-order valence-electron chi connectivity index (χ0n) is 17.5. The Kier molecular flexibility index (Phi) is 7.53. The zero-order chi connectivity index (χ0) is 20.6. The summed E-state index contributed by atoms with van der Waals surface area (Å²) in [6, 6.07) is 15.3. The molecular weight excluding hydrogens is 364 g/mol. The first kappa shape index (κ1) is 21.2. The fourth-order valence-electron chi connectivity index (χ4n) is 3.94. The first-order chi connectivity index (χ1) is 14.1. The molecule has 1 saturated heterocycles. The Bertz CT molecular complexity index is 804. The van der Waals surface area contributed by atoms with Gasteiger partial charge in [-0.2, -0.15) is 0 Å². The molecule has 5 heteroatoms. The molecule has 2 aromatic carbocycles. The number of benzene rings is 2. The molecule has 0 radical (unpaired) electrons. The predicted octanol–water partition coefficient (Wildman–Crippen LogP) is 4.38. The summed E-state index contributed by atoms with van der Waals surface area (Å²) >= 11 is 0. The van der Waals surface area contributed by atoms with Gasteiger partial charge in [0.25, 0.3) is 5.91 Å². The molecule has 0 saturated carbocycles. The summed E-state index contributed by atoms with van der Waals surface area (Å²) in [6.07, 6.45) is 4.95. The lowest BCUT2D eigenvalue weighted by atomic mass is 9.99. The number of nitrogens with zero attached hydrogens (tertiary/aromatic N) is 1. The van der Waals surface area contributed by atoms with Crippen LogP contribution in [0.5, 0.6) is 11.5 Å². The normalized spacial score (nSPS) is 17.5. The Morgan fingerprint density at radius 2 is 1.86 bits per heavy atom. The van der Waals surface area contributed by atoms with Crippen LogP contribution in [0.1, 0.15) is 55.3 Å². The first-order valence-electron chi connectivity index (χ1n) is 10.5. The van der Waals surface area contributed by atoms with Crippen LogP contribution < -0.4 is 15.2 Å². The van der Waals surface area contributed by atoms with Crippen LogP contribution in [-0.4, -0.2) is 30.6 Å². The zero-order valence-corrected chi connectivity index (χ0v) is 17.5. The minimum Gasteiger partial charge on any atom is -0.490 e. The number of amides is 1. The standard InChI is InChI=1S/C24H32N2O3/c1-3-28-23-15-19(10-13-22(23)29-17-24(25)27)16-26-14-6-4-5-7-21(26)20-11-8-18(2)9-12-20/h8-13,15,21H,3-7,14,16-17H2,1-2H3,(H2,25,27)/t21-/m1/s1. The van der Waals surface area contributed by atoms with Crippen molar-refractivity contribution in [2.75, 3.05) is 19.8 Å². The van der Waals surface area contributed by atoms with E-state index in [1.165, 1.54) is 42.4 Å². The highest BCUT2D eigenvalue weighted by Gasteiger charge is 2.23. The molecule has 29 heavy (non-hydrogen) atoms. The Hall–Kier alpha value is -2.53. The number of hydrogen-bond donors (Lipinski definition) is 1. The number of nitrogens with two attached hydrogens (primary N) is 1. The molecule has 0 spiro atoms. The molecule has 0 unspecified atom stereocenters. The number of carbonyl (C=O) groups is 1. The molecule has 1 amide bonds. The molecule has 1 fully saturated rings. The van der Waals surface area contributed by atoms with E-state index in [0.717, 1.165) is 13.1 Å². The van der Waals surface area contributed by atoms with Gasteiger partial charge in [0.1, 0.15) is 0 Å². The van der Waals surface area contributed by atoms with Gasteiger partial charge in [-0.25, -0.2) is 0 Å². The molecule has 1 aliphatic heterocycles. The summed E-state index contributed by atoms with van der Waals surface area (Å²) in [6.45, 7) is 6.39. The van der Waals surface area contributed by atoms with E-state index in [4.69, 9.17) is 15.2 Å². The average Bonchev–Trinajstić information content (AvgIpc) is 2.94. The summed E-state index contributed by atoms with van der Waals surface area (Å²) in [5.74, 6) is 0.718. The number of primary amides is 1. The van der Waals surface area contributed by atoms with E-state index in [2.05, 4.69) is 42.2 Å². The van der Waals surface area contributed by atoms with E-state index < -0.39 is 5.91 Å². The number of aryl methyl sites for hydroxylation is 1. The second kappa shape index (κ2) is 10.3. The van der Waals surface area contributed by atoms with Gasteiger partial charge in [-0.3, -0.25) is 9.69 Å². The molecule has 0 aromatic heterocycles. The number of ether oxygens (including phenoxy) is 2. The van der Waals surface area contributed by atoms with E-state index in [-0.39, 0.29) is 6.61 Å². The van der Waals surface area contributed by atoms with Crippen LogP contribution in [0.4, 0.5) is 0 Å². The lowest BCUT2D eigenvalue weighted by molar-refractivity contribution is -0.119. The Morgan fingerprint density at radius 3 is 2.59 bits per heavy atom. The van der Waals surface area contributed by atoms with Gasteiger partial charge in [0.05, 0.1) is 6.61 Å². The van der Waals surface area contributed by atoms with Crippen LogP contribution in [0, 0.1) is 6.92 Å². The topological polar surface area (TPSA) is 64.8 Å². The number of likely N-dealkylation sites (tertiary alicyclic amines) is 1. The van der Waals surface area contributed by atoms with Crippen LogP contribution in [0.25, 0.3) is 0 Å². The van der Waals surface area contributed by atoms with Gasteiger partial charge in [-0.05, 0) is 56.5 Å². The fourth-order valence-corrected chi connectivity index (χ4v) is 3.94. The van der Waals surface area contributed by atoms with Crippen molar-refractivity contribution in [1.82, 2.24) is 4.90 Å². The molecule has 0 bridgehead atoms. The van der Waals surface area contributed by atoms with E-state index in [1.807, 2.05) is 19.1 Å². The van der Waals surface area contributed by atoms with Crippen LogP contribution >= 0.6 is 0 Å². The average molecular weight is 397 g/mol. The van der Waals surface area contributed by atoms with Gasteiger partial charge in [-0.1, -0.05) is 48.7 Å². The van der Waals surface area contributed by atoms with Crippen molar-refractivity contribution >= 4 is 5.91 Å². The van der Waals surface area contributed by atoms with Crippen molar-refractivity contribution in [2.24, 2.45) is 5.73 Å². The number of hydrogen-bond acceptors (Lipinski definition) is 4. The van der Waals surface area contributed by atoms with Crippen molar-refractivity contribution in [2.45, 2.75) is 52.1 Å². The van der Waals surface area contributed by atoms with E-state index in [9.17, 15) is 4.79 Å². The Morgan fingerprint density at radius 1 is 1.07 bits per heavy atom. The summed E-state index contributed by atoms with van der Waals surface area (Å²) in [5.41, 5.74) is 9.07. The Balaban J connectivity index is 1.80. The minimum atomic E-state index is -0.498. The van der Waals surface area contributed by atoms with Crippen molar-refractivity contribution in [1.29, 1.82) is 0 Å². The number of carbonyl (C=O) groups excluding carboxylic acids is 1. The van der Waals surface area contributed by atoms with Gasteiger partial charge in [0, 0.05) is 12.6 Å². The van der Waals surface area contributed by atoms with Gasteiger partial charge in [-0.15, -0.1) is 0 Å². The van der Waals surface area contributed by atoms with Crippen molar-refractivity contribution in [3.63, 3.8) is 0 Å². The SMILES string of the molecule is CCOc1cc(CN2CCCCC[C@@H]2c2ccc(C)cc2)ccc1OCC(N)=O. The van der Waals surface area contributed by atoms with E-state index in [0.29, 0.717) is 24.1 Å². The van der Waals surface area contributed by atoms with Crippen LogP contribution in [0.3, 0.4) is 0 Å². The number of rotatable bonds is 8.